The summed E-state index contributed by atoms with van der Waals surface area (Å²) in [5, 5.41) is 18.4. The third kappa shape index (κ3) is 3.34. The van der Waals surface area contributed by atoms with E-state index in [1.807, 2.05) is 7.05 Å². The molecule has 4 nitrogen and oxygen atoms in total. The lowest BCUT2D eigenvalue weighted by molar-refractivity contribution is 0.0696. The number of carbonyl (C=O) groups is 1. The first kappa shape index (κ1) is 15.4. The molecule has 0 heterocycles. The van der Waals surface area contributed by atoms with Crippen molar-refractivity contribution < 1.29 is 14.8 Å². The number of hydrogen-bond acceptors (Lipinski definition) is 3. The van der Waals surface area contributed by atoms with Crippen LogP contribution in [0.3, 0.4) is 0 Å². The number of halogens is 1. The monoisotopic (exact) mass is 295 g/mol. The molecule has 0 aromatic heterocycles. The predicted octanol–water partition coefficient (Wildman–Crippen LogP) is 1.42. The van der Waals surface area contributed by atoms with E-state index in [9.17, 15) is 4.79 Å². The summed E-state index contributed by atoms with van der Waals surface area (Å²) >= 11 is 6.08. The van der Waals surface area contributed by atoms with Crippen LogP contribution in [-0.2, 0) is 0 Å². The average molecular weight is 296 g/mol. The molecule has 2 rings (SSSR count). The summed E-state index contributed by atoms with van der Waals surface area (Å²) in [5.41, 5.74) is 0.691. The van der Waals surface area contributed by atoms with Gasteiger partial charge in [-0.05, 0) is 30.4 Å². The molecule has 1 saturated carbocycles. The fourth-order valence-corrected chi connectivity index (χ4v) is 2.96. The van der Waals surface area contributed by atoms with Gasteiger partial charge in [0.05, 0.1) is 10.6 Å². The zero-order valence-corrected chi connectivity index (χ0v) is 12.3. The van der Waals surface area contributed by atoms with Gasteiger partial charge in [-0.25, -0.2) is 0 Å². The normalized spacial score (nSPS) is 16.0. The Balaban J connectivity index is 2.15. The van der Waals surface area contributed by atoms with E-state index in [0.717, 1.165) is 25.7 Å². The van der Waals surface area contributed by atoms with Crippen molar-refractivity contribution in [3.05, 3.63) is 28.8 Å². The van der Waals surface area contributed by atoms with Crippen LogP contribution in [0, 0.1) is 0 Å². The molecular weight excluding hydrogens is 276 g/mol. The fraction of sp³-hybridized carbons (Fsp3) is 0.500. The Morgan fingerprint density at radius 1 is 1.30 bits per heavy atom. The van der Waals surface area contributed by atoms with Crippen molar-refractivity contribution in [1.82, 2.24) is 4.90 Å². The fourth-order valence-electron chi connectivity index (χ4n) is 2.69. The third-order valence-corrected chi connectivity index (χ3v) is 4.28. The molecule has 1 aliphatic carbocycles. The molecule has 6 heteroatoms. The first-order chi connectivity index (χ1) is 9.50. The Hall–Kier alpha value is -1.04. The van der Waals surface area contributed by atoms with Gasteiger partial charge in [0.2, 0.25) is 0 Å². The van der Waals surface area contributed by atoms with E-state index in [-0.39, 0.29) is 22.4 Å². The molecule has 0 unspecified atom stereocenters. The van der Waals surface area contributed by atoms with Crippen LogP contribution < -0.4 is 5.46 Å². The summed E-state index contributed by atoms with van der Waals surface area (Å²) in [6.07, 6.45) is 5.63. The zero-order chi connectivity index (χ0) is 14.7. The first-order valence-electron chi connectivity index (χ1n) is 6.93. The van der Waals surface area contributed by atoms with E-state index in [4.69, 9.17) is 21.6 Å². The number of nitrogens with zero attached hydrogens (tertiary/aromatic N) is 1. The maximum Gasteiger partial charge on any atom is 0.488 e. The van der Waals surface area contributed by atoms with Crippen molar-refractivity contribution in [2.24, 2.45) is 0 Å². The zero-order valence-electron chi connectivity index (χ0n) is 11.6. The number of carbonyl (C=O) groups excluding carboxylic acids is 1. The molecule has 1 fully saturated rings. The Labute approximate surface area is 124 Å². The van der Waals surface area contributed by atoms with Gasteiger partial charge in [-0.2, -0.15) is 0 Å². The highest BCUT2D eigenvalue weighted by molar-refractivity contribution is 6.59. The molecule has 20 heavy (non-hydrogen) atoms. The SMILES string of the molecule is CN(C(=O)c1ccc(B(O)O)cc1Cl)C1CCCCC1. The summed E-state index contributed by atoms with van der Waals surface area (Å²) in [6, 6.07) is 4.77. The van der Waals surface area contributed by atoms with Gasteiger partial charge in [-0.15, -0.1) is 0 Å². The molecule has 0 bridgehead atoms. The molecule has 2 N–H and O–H groups in total. The van der Waals surface area contributed by atoms with Crippen LogP contribution in [0.5, 0.6) is 0 Å². The highest BCUT2D eigenvalue weighted by atomic mass is 35.5. The largest absolute Gasteiger partial charge is 0.488 e. The first-order valence-corrected chi connectivity index (χ1v) is 7.31. The van der Waals surface area contributed by atoms with Crippen molar-refractivity contribution in [2.75, 3.05) is 7.05 Å². The van der Waals surface area contributed by atoms with Crippen molar-refractivity contribution in [2.45, 2.75) is 38.1 Å². The average Bonchev–Trinajstić information content (AvgIpc) is 2.46. The van der Waals surface area contributed by atoms with Crippen LogP contribution >= 0.6 is 11.6 Å². The van der Waals surface area contributed by atoms with E-state index >= 15 is 0 Å². The van der Waals surface area contributed by atoms with Gasteiger partial charge >= 0.3 is 7.12 Å². The number of amides is 1. The van der Waals surface area contributed by atoms with Gasteiger partial charge in [-0.1, -0.05) is 36.9 Å². The molecule has 1 aromatic carbocycles. The number of rotatable bonds is 3. The van der Waals surface area contributed by atoms with Gasteiger partial charge < -0.3 is 14.9 Å². The summed E-state index contributed by atoms with van der Waals surface area (Å²) in [6.45, 7) is 0. The van der Waals surface area contributed by atoms with E-state index in [0.29, 0.717) is 5.56 Å². The Morgan fingerprint density at radius 3 is 2.50 bits per heavy atom. The van der Waals surface area contributed by atoms with E-state index in [2.05, 4.69) is 0 Å². The number of hydrogen-bond donors (Lipinski definition) is 2. The lowest BCUT2D eigenvalue weighted by Gasteiger charge is -2.31. The minimum atomic E-state index is -1.58. The third-order valence-electron chi connectivity index (χ3n) is 3.96. The van der Waals surface area contributed by atoms with Crippen LogP contribution in [0.25, 0.3) is 0 Å². The molecule has 0 aliphatic heterocycles. The minimum Gasteiger partial charge on any atom is -0.423 e. The molecule has 0 spiro atoms. The van der Waals surface area contributed by atoms with Gasteiger partial charge in [-0.3, -0.25) is 4.79 Å². The van der Waals surface area contributed by atoms with Gasteiger partial charge in [0.15, 0.2) is 0 Å². The van der Waals surface area contributed by atoms with E-state index < -0.39 is 7.12 Å². The van der Waals surface area contributed by atoms with Crippen molar-refractivity contribution >= 4 is 30.1 Å². The summed E-state index contributed by atoms with van der Waals surface area (Å²) < 4.78 is 0. The maximum atomic E-state index is 12.5. The Bertz CT molecular complexity index is 489. The lowest BCUT2D eigenvalue weighted by atomic mass is 9.80. The quantitative estimate of drug-likeness (QED) is 0.829. The van der Waals surface area contributed by atoms with Gasteiger partial charge in [0.1, 0.15) is 0 Å². The molecule has 1 aromatic rings. The molecular formula is C14H19BClNO3. The van der Waals surface area contributed by atoms with Crippen LogP contribution in [0.1, 0.15) is 42.5 Å². The Morgan fingerprint density at radius 2 is 1.95 bits per heavy atom. The second kappa shape index (κ2) is 6.61. The molecule has 1 amide bonds. The van der Waals surface area contributed by atoms with Crippen LogP contribution in [0.4, 0.5) is 0 Å². The topological polar surface area (TPSA) is 60.8 Å². The molecule has 0 saturated heterocycles. The van der Waals surface area contributed by atoms with Crippen LogP contribution in [0.2, 0.25) is 5.02 Å². The van der Waals surface area contributed by atoms with Crippen LogP contribution in [-0.4, -0.2) is 41.1 Å². The second-order valence-electron chi connectivity index (χ2n) is 5.32. The van der Waals surface area contributed by atoms with Gasteiger partial charge in [0.25, 0.3) is 5.91 Å². The standard InChI is InChI=1S/C14H19BClNO3/c1-17(11-5-3-2-4-6-11)14(18)12-8-7-10(15(19)20)9-13(12)16/h7-9,11,19-20H,2-6H2,1H3. The van der Waals surface area contributed by atoms with Crippen molar-refractivity contribution in [3.8, 4) is 0 Å². The summed E-state index contributed by atoms with van der Waals surface area (Å²) in [7, 11) is 0.233. The molecule has 0 atom stereocenters. The second-order valence-corrected chi connectivity index (χ2v) is 5.73. The lowest BCUT2D eigenvalue weighted by Crippen LogP contribution is -2.38. The maximum absolute atomic E-state index is 12.5. The smallest absolute Gasteiger partial charge is 0.423 e. The molecule has 1 aliphatic rings. The molecule has 108 valence electrons. The van der Waals surface area contributed by atoms with Crippen molar-refractivity contribution in [1.29, 1.82) is 0 Å². The summed E-state index contributed by atoms with van der Waals surface area (Å²) in [4.78, 5) is 14.2. The number of benzene rings is 1. The van der Waals surface area contributed by atoms with Gasteiger partial charge in [0, 0.05) is 13.1 Å². The molecule has 0 radical (unpaired) electrons. The van der Waals surface area contributed by atoms with E-state index in [1.54, 1.807) is 11.0 Å². The highest BCUT2D eigenvalue weighted by Crippen LogP contribution is 2.24. The predicted molar refractivity (Wildman–Crippen MR) is 80.2 cm³/mol. The van der Waals surface area contributed by atoms with Crippen molar-refractivity contribution in [3.63, 3.8) is 0 Å². The van der Waals surface area contributed by atoms with E-state index in [1.165, 1.54) is 18.6 Å². The van der Waals surface area contributed by atoms with Crippen LogP contribution in [0.15, 0.2) is 18.2 Å². The summed E-state index contributed by atoms with van der Waals surface area (Å²) in [5.74, 6) is -0.110. The Kier molecular flexibility index (Phi) is 5.08. The highest BCUT2D eigenvalue weighted by Gasteiger charge is 2.25. The minimum absolute atomic E-state index is 0.110.